The molecular weight excluding hydrogens is 388 g/mol. The fourth-order valence-corrected chi connectivity index (χ4v) is 3.03. The molecule has 142 valence electrons. The van der Waals surface area contributed by atoms with Gasteiger partial charge in [-0.25, -0.2) is 9.59 Å². The van der Waals surface area contributed by atoms with E-state index in [1.54, 1.807) is 20.8 Å². The summed E-state index contributed by atoms with van der Waals surface area (Å²) in [6.07, 6.45) is 0. The van der Waals surface area contributed by atoms with E-state index in [2.05, 4.69) is 19.2 Å². The molecule has 3 rings (SSSR count). The third-order valence-electron chi connectivity index (χ3n) is 3.11. The first-order valence-electron chi connectivity index (χ1n) is 8.09. The van der Waals surface area contributed by atoms with Gasteiger partial charge in [0.1, 0.15) is 0 Å². The molecule has 0 aliphatic carbocycles. The number of benzene rings is 1. The van der Waals surface area contributed by atoms with E-state index in [4.69, 9.17) is 9.47 Å². The molecule has 0 saturated carbocycles. The summed E-state index contributed by atoms with van der Waals surface area (Å²) in [5.74, 6) is -0.811. The molecule has 0 radical (unpaired) electrons. The number of esters is 2. The van der Waals surface area contributed by atoms with Gasteiger partial charge in [-0.05, 0) is 49.4 Å². The maximum Gasteiger partial charge on any atom is 0.360 e. The quantitative estimate of drug-likeness (QED) is 0.594. The van der Waals surface area contributed by atoms with Crippen molar-refractivity contribution in [2.45, 2.75) is 20.8 Å². The van der Waals surface area contributed by atoms with Crippen LogP contribution in [0, 0.1) is 6.92 Å². The minimum Gasteiger partial charge on any atom is -0.461 e. The van der Waals surface area contributed by atoms with Gasteiger partial charge in [0, 0.05) is 0 Å². The van der Waals surface area contributed by atoms with Crippen molar-refractivity contribution in [2.75, 3.05) is 13.2 Å². The van der Waals surface area contributed by atoms with Crippen molar-refractivity contribution in [3.63, 3.8) is 0 Å². The topological polar surface area (TPSA) is 104 Å². The van der Waals surface area contributed by atoms with Crippen LogP contribution in [-0.4, -0.2) is 44.3 Å². The predicted molar refractivity (Wildman–Crippen MR) is 102 cm³/mol. The van der Waals surface area contributed by atoms with Gasteiger partial charge in [-0.3, -0.25) is 0 Å². The van der Waals surface area contributed by atoms with Crippen molar-refractivity contribution in [1.29, 1.82) is 0 Å². The predicted octanol–water partition coefficient (Wildman–Crippen LogP) is 3.41. The summed E-state index contributed by atoms with van der Waals surface area (Å²) in [5.41, 5.74) is 1.55. The number of carbonyl (C=O) groups excluding carboxylic acids is 2. The van der Waals surface area contributed by atoms with Crippen LogP contribution < -0.4 is 0 Å². The van der Waals surface area contributed by atoms with E-state index >= 15 is 0 Å². The Hall–Kier alpha value is -2.72. The Morgan fingerprint density at radius 3 is 2.00 bits per heavy atom. The van der Waals surface area contributed by atoms with Crippen LogP contribution in [-0.2, 0) is 9.47 Å². The molecule has 10 heteroatoms. The summed E-state index contributed by atoms with van der Waals surface area (Å²) in [6, 6.07) is 9.56. The van der Waals surface area contributed by atoms with E-state index in [0.29, 0.717) is 18.9 Å². The second kappa shape index (κ2) is 10.4. The average Bonchev–Trinajstić information content (AvgIpc) is 3.32. The summed E-state index contributed by atoms with van der Waals surface area (Å²) < 4.78 is 17.1. The van der Waals surface area contributed by atoms with Crippen LogP contribution in [0.4, 0.5) is 0 Å². The number of hydrogen-bond donors (Lipinski definition) is 0. The second-order valence-corrected chi connectivity index (χ2v) is 6.65. The Kier molecular flexibility index (Phi) is 7.96. The summed E-state index contributed by atoms with van der Waals surface area (Å²) in [6.45, 7) is 6.02. The van der Waals surface area contributed by atoms with Gasteiger partial charge in [0.15, 0.2) is 11.4 Å². The zero-order chi connectivity index (χ0) is 19.6. The maximum absolute atomic E-state index is 11.6. The molecule has 0 N–H and O–H groups in total. The standard InChI is InChI=1S/C11H10N2O2S.C6H8N2O2S/c1-2-15-11(14)9-10(16-13-12-9)8-6-4-3-5-7-8;1-3-10-6(9)5-4(2)11-8-7-5/h3-7H,2H2,1H3;3H2,1-2H3. The normalized spacial score (nSPS) is 9.89. The van der Waals surface area contributed by atoms with Crippen LogP contribution in [0.2, 0.25) is 0 Å². The molecule has 0 fully saturated rings. The van der Waals surface area contributed by atoms with Crippen molar-refractivity contribution in [1.82, 2.24) is 19.2 Å². The number of ether oxygens (including phenoxy) is 2. The number of hydrogen-bond acceptors (Lipinski definition) is 10. The molecule has 0 amide bonds. The molecule has 0 atom stereocenters. The highest BCUT2D eigenvalue weighted by atomic mass is 32.1. The fourth-order valence-electron chi connectivity index (χ4n) is 1.92. The number of carbonyl (C=O) groups is 2. The van der Waals surface area contributed by atoms with Gasteiger partial charge in [0.25, 0.3) is 0 Å². The average molecular weight is 406 g/mol. The molecule has 0 aliphatic heterocycles. The third kappa shape index (κ3) is 5.63. The molecule has 8 nitrogen and oxygen atoms in total. The molecule has 2 aromatic heterocycles. The SMILES string of the molecule is CCOC(=O)c1nnsc1-c1ccccc1.CCOC(=O)c1nnsc1C. The third-order valence-corrected chi connectivity index (χ3v) is 4.52. The Bertz CT molecular complexity index is 880. The molecule has 3 aromatic rings. The summed E-state index contributed by atoms with van der Waals surface area (Å²) in [4.78, 5) is 24.1. The van der Waals surface area contributed by atoms with Gasteiger partial charge in [-0.2, -0.15) is 0 Å². The molecule has 0 aliphatic rings. The van der Waals surface area contributed by atoms with Crippen LogP contribution in [0.3, 0.4) is 0 Å². The number of aryl methyl sites for hydroxylation is 1. The monoisotopic (exact) mass is 406 g/mol. The Morgan fingerprint density at radius 2 is 1.44 bits per heavy atom. The highest BCUT2D eigenvalue weighted by Gasteiger charge is 2.18. The first-order valence-corrected chi connectivity index (χ1v) is 9.64. The first kappa shape index (κ1) is 20.6. The van der Waals surface area contributed by atoms with Crippen LogP contribution >= 0.6 is 23.1 Å². The zero-order valence-electron chi connectivity index (χ0n) is 15.0. The number of rotatable bonds is 5. The van der Waals surface area contributed by atoms with E-state index in [-0.39, 0.29) is 5.69 Å². The van der Waals surface area contributed by atoms with Crippen LogP contribution in [0.5, 0.6) is 0 Å². The van der Waals surface area contributed by atoms with Gasteiger partial charge in [0.2, 0.25) is 0 Å². The zero-order valence-corrected chi connectivity index (χ0v) is 16.7. The van der Waals surface area contributed by atoms with Crippen LogP contribution in [0.25, 0.3) is 10.4 Å². The van der Waals surface area contributed by atoms with Crippen LogP contribution in [0.1, 0.15) is 39.7 Å². The van der Waals surface area contributed by atoms with Gasteiger partial charge >= 0.3 is 11.9 Å². The van der Waals surface area contributed by atoms with E-state index in [1.165, 1.54) is 23.1 Å². The van der Waals surface area contributed by atoms with E-state index in [9.17, 15) is 9.59 Å². The minimum atomic E-state index is -0.421. The highest BCUT2D eigenvalue weighted by molar-refractivity contribution is 7.09. The summed E-state index contributed by atoms with van der Waals surface area (Å²) in [5, 5.41) is 7.43. The Morgan fingerprint density at radius 1 is 0.889 bits per heavy atom. The van der Waals surface area contributed by atoms with Gasteiger partial charge < -0.3 is 9.47 Å². The minimum absolute atomic E-state index is 0.290. The maximum atomic E-state index is 11.6. The summed E-state index contributed by atoms with van der Waals surface area (Å²) >= 11 is 2.39. The molecular formula is C17H18N4O4S2. The molecule has 0 unspecified atom stereocenters. The first-order chi connectivity index (χ1) is 13.1. The van der Waals surface area contributed by atoms with Crippen molar-refractivity contribution in [3.8, 4) is 10.4 Å². The van der Waals surface area contributed by atoms with E-state index in [0.717, 1.165) is 15.3 Å². The lowest BCUT2D eigenvalue weighted by Crippen LogP contribution is -2.06. The molecule has 0 spiro atoms. The van der Waals surface area contributed by atoms with Crippen molar-refractivity contribution >= 4 is 35.0 Å². The van der Waals surface area contributed by atoms with Crippen LogP contribution in [0.15, 0.2) is 30.3 Å². The van der Waals surface area contributed by atoms with Crippen molar-refractivity contribution in [3.05, 3.63) is 46.6 Å². The second-order valence-electron chi connectivity index (χ2n) is 4.94. The largest absolute Gasteiger partial charge is 0.461 e. The lowest BCUT2D eigenvalue weighted by molar-refractivity contribution is 0.0510. The smallest absolute Gasteiger partial charge is 0.360 e. The fraction of sp³-hybridized carbons (Fsp3) is 0.294. The summed E-state index contributed by atoms with van der Waals surface area (Å²) in [7, 11) is 0. The van der Waals surface area contributed by atoms with Crippen molar-refractivity contribution in [2.24, 2.45) is 0 Å². The highest BCUT2D eigenvalue weighted by Crippen LogP contribution is 2.26. The Labute approximate surface area is 164 Å². The molecule has 2 heterocycles. The van der Waals surface area contributed by atoms with Crippen molar-refractivity contribution < 1.29 is 19.1 Å². The molecule has 1 aromatic carbocycles. The number of nitrogens with zero attached hydrogens (tertiary/aromatic N) is 4. The van der Waals surface area contributed by atoms with Gasteiger partial charge in [0.05, 0.1) is 23.0 Å². The number of aromatic nitrogens is 4. The lowest BCUT2D eigenvalue weighted by Gasteiger charge is -2.00. The van der Waals surface area contributed by atoms with E-state index in [1.807, 2.05) is 30.3 Å². The Balaban J connectivity index is 0.000000208. The van der Waals surface area contributed by atoms with Gasteiger partial charge in [-0.1, -0.05) is 39.3 Å². The molecule has 27 heavy (non-hydrogen) atoms. The van der Waals surface area contributed by atoms with Gasteiger partial charge in [-0.15, -0.1) is 10.2 Å². The van der Waals surface area contributed by atoms with E-state index < -0.39 is 11.9 Å². The lowest BCUT2D eigenvalue weighted by atomic mass is 10.1. The molecule has 0 bridgehead atoms. The molecule has 0 saturated heterocycles.